The van der Waals surface area contributed by atoms with Gasteiger partial charge in [0.25, 0.3) is 0 Å². The van der Waals surface area contributed by atoms with Gasteiger partial charge in [0.2, 0.25) is 0 Å². The molecule has 2 aliphatic rings. The highest BCUT2D eigenvalue weighted by molar-refractivity contribution is 6.16. The first-order valence-corrected chi connectivity index (χ1v) is 7.35. The number of hydrogen-bond donors (Lipinski definition) is 0. The van der Waals surface area contributed by atoms with Crippen LogP contribution in [0.15, 0.2) is 12.3 Å². The van der Waals surface area contributed by atoms with Crippen molar-refractivity contribution in [2.75, 3.05) is 0 Å². The number of ether oxygens (including phenoxy) is 1. The smallest absolute Gasteiger partial charge is 0.160 e. The van der Waals surface area contributed by atoms with Crippen LogP contribution in [0.1, 0.15) is 36.7 Å². The maximum atomic E-state index is 6.08. The zero-order chi connectivity index (χ0) is 13.0. The predicted octanol–water partition coefficient (Wildman–Crippen LogP) is 2.97. The minimum absolute atomic E-state index is 0.312. The summed E-state index contributed by atoms with van der Waals surface area (Å²) in [5, 5.41) is 0. The molecular weight excluding hydrogens is 262 g/mol. The fraction of sp³-hybridized carbons (Fsp3) is 0.571. The SMILES string of the molecule is Cc1ccnc2c1nc(CCl)n2C1CC2CCC1O2. The highest BCUT2D eigenvalue weighted by Crippen LogP contribution is 2.43. The van der Waals surface area contributed by atoms with E-state index in [0.717, 1.165) is 35.4 Å². The van der Waals surface area contributed by atoms with Gasteiger partial charge < -0.3 is 9.30 Å². The molecule has 0 amide bonds. The van der Waals surface area contributed by atoms with Crippen LogP contribution in [0.5, 0.6) is 0 Å². The average molecular weight is 278 g/mol. The van der Waals surface area contributed by atoms with Crippen molar-refractivity contribution in [3.63, 3.8) is 0 Å². The molecule has 0 spiro atoms. The number of rotatable bonds is 2. The standard InChI is InChI=1S/C14H16ClN3O/c1-8-4-5-16-14-13(8)17-12(7-15)18(14)10-6-9-2-3-11(10)19-9/h4-5,9-11H,2-3,6-7H2,1H3. The number of fused-ring (bicyclic) bond motifs is 3. The van der Waals surface area contributed by atoms with Crippen LogP contribution in [-0.2, 0) is 10.6 Å². The summed E-state index contributed by atoms with van der Waals surface area (Å²) in [6, 6.07) is 2.35. The van der Waals surface area contributed by atoms with E-state index in [4.69, 9.17) is 16.3 Å². The molecule has 5 heteroatoms. The van der Waals surface area contributed by atoms with Crippen LogP contribution < -0.4 is 0 Å². The van der Waals surface area contributed by atoms with Crippen molar-refractivity contribution in [2.24, 2.45) is 0 Å². The Morgan fingerprint density at radius 2 is 2.37 bits per heavy atom. The van der Waals surface area contributed by atoms with Gasteiger partial charge in [-0.15, -0.1) is 11.6 Å². The molecule has 0 aromatic carbocycles. The minimum Gasteiger partial charge on any atom is -0.373 e. The van der Waals surface area contributed by atoms with E-state index in [-0.39, 0.29) is 0 Å². The summed E-state index contributed by atoms with van der Waals surface area (Å²) in [5.41, 5.74) is 3.08. The third kappa shape index (κ3) is 1.63. The van der Waals surface area contributed by atoms with E-state index in [1.54, 1.807) is 0 Å². The fourth-order valence-corrected chi connectivity index (χ4v) is 3.67. The summed E-state index contributed by atoms with van der Waals surface area (Å²) in [6.45, 7) is 2.07. The molecule has 0 radical (unpaired) electrons. The number of halogens is 1. The third-order valence-corrected chi connectivity index (χ3v) is 4.62. The maximum Gasteiger partial charge on any atom is 0.160 e. The highest BCUT2D eigenvalue weighted by Gasteiger charge is 2.43. The van der Waals surface area contributed by atoms with E-state index < -0.39 is 0 Å². The van der Waals surface area contributed by atoms with Crippen LogP contribution in [-0.4, -0.2) is 26.7 Å². The zero-order valence-corrected chi connectivity index (χ0v) is 11.6. The van der Waals surface area contributed by atoms with Crippen LogP contribution in [0, 0.1) is 6.92 Å². The molecule has 0 saturated carbocycles. The maximum absolute atomic E-state index is 6.08. The van der Waals surface area contributed by atoms with E-state index in [0.29, 0.717) is 24.1 Å². The molecule has 0 N–H and O–H groups in total. The first-order valence-electron chi connectivity index (χ1n) is 6.81. The second kappa shape index (κ2) is 4.18. The zero-order valence-electron chi connectivity index (χ0n) is 10.8. The molecule has 4 heterocycles. The second-order valence-electron chi connectivity index (χ2n) is 5.51. The number of aryl methyl sites for hydroxylation is 1. The van der Waals surface area contributed by atoms with Gasteiger partial charge in [-0.1, -0.05) is 0 Å². The molecule has 2 bridgehead atoms. The van der Waals surface area contributed by atoms with Crippen LogP contribution >= 0.6 is 11.6 Å². The van der Waals surface area contributed by atoms with Gasteiger partial charge in [0.1, 0.15) is 11.3 Å². The first kappa shape index (κ1) is 11.7. The van der Waals surface area contributed by atoms with Gasteiger partial charge in [-0.05, 0) is 37.8 Å². The minimum atomic E-state index is 0.312. The monoisotopic (exact) mass is 277 g/mol. The number of hydrogen-bond acceptors (Lipinski definition) is 3. The Hall–Kier alpha value is -1.13. The molecule has 0 aliphatic carbocycles. The molecule has 19 heavy (non-hydrogen) atoms. The number of pyridine rings is 1. The Morgan fingerprint density at radius 3 is 3.05 bits per heavy atom. The normalized spacial score (nSPS) is 29.5. The summed E-state index contributed by atoms with van der Waals surface area (Å²) in [4.78, 5) is 9.20. The number of aromatic nitrogens is 3. The number of imidazole rings is 1. The van der Waals surface area contributed by atoms with Crippen LogP contribution in [0.2, 0.25) is 0 Å². The molecule has 2 aromatic heterocycles. The van der Waals surface area contributed by atoms with E-state index in [1.807, 2.05) is 12.3 Å². The summed E-state index contributed by atoms with van der Waals surface area (Å²) in [5.74, 6) is 1.34. The van der Waals surface area contributed by atoms with Gasteiger partial charge in [0.05, 0.1) is 24.1 Å². The summed E-state index contributed by atoms with van der Waals surface area (Å²) in [6.07, 6.45) is 5.98. The Bertz CT molecular complexity index is 639. The molecule has 4 nitrogen and oxygen atoms in total. The lowest BCUT2D eigenvalue weighted by atomic mass is 9.95. The lowest BCUT2D eigenvalue weighted by Crippen LogP contribution is -2.22. The van der Waals surface area contributed by atoms with Gasteiger partial charge in [-0.25, -0.2) is 9.97 Å². The topological polar surface area (TPSA) is 39.9 Å². The van der Waals surface area contributed by atoms with Crippen molar-refractivity contribution in [1.29, 1.82) is 0 Å². The predicted molar refractivity (Wildman–Crippen MR) is 73.4 cm³/mol. The Balaban J connectivity index is 1.90. The summed E-state index contributed by atoms with van der Waals surface area (Å²) >= 11 is 6.08. The highest BCUT2D eigenvalue weighted by atomic mass is 35.5. The van der Waals surface area contributed by atoms with Crippen molar-refractivity contribution in [3.8, 4) is 0 Å². The molecular formula is C14H16ClN3O. The van der Waals surface area contributed by atoms with Gasteiger partial charge in [-0.3, -0.25) is 0 Å². The Morgan fingerprint density at radius 1 is 1.47 bits per heavy atom. The molecule has 2 aliphatic heterocycles. The quantitative estimate of drug-likeness (QED) is 0.793. The van der Waals surface area contributed by atoms with Crippen molar-refractivity contribution in [1.82, 2.24) is 14.5 Å². The summed E-state index contributed by atoms with van der Waals surface area (Å²) < 4.78 is 8.19. The van der Waals surface area contributed by atoms with Crippen LogP contribution in [0.25, 0.3) is 11.2 Å². The number of nitrogens with zero attached hydrogens (tertiary/aromatic N) is 3. The van der Waals surface area contributed by atoms with E-state index in [9.17, 15) is 0 Å². The van der Waals surface area contributed by atoms with Gasteiger partial charge in [-0.2, -0.15) is 0 Å². The lowest BCUT2D eigenvalue weighted by molar-refractivity contribution is 0.0939. The summed E-state index contributed by atoms with van der Waals surface area (Å²) in [7, 11) is 0. The van der Waals surface area contributed by atoms with Gasteiger partial charge in [0.15, 0.2) is 5.65 Å². The van der Waals surface area contributed by atoms with Crippen molar-refractivity contribution >= 4 is 22.8 Å². The largest absolute Gasteiger partial charge is 0.373 e. The average Bonchev–Trinajstić information content (AvgIpc) is 3.11. The lowest BCUT2D eigenvalue weighted by Gasteiger charge is -2.22. The fourth-order valence-electron chi connectivity index (χ4n) is 3.48. The molecule has 100 valence electrons. The van der Waals surface area contributed by atoms with E-state index in [2.05, 4.69) is 21.5 Å². The van der Waals surface area contributed by atoms with Crippen molar-refractivity contribution in [3.05, 3.63) is 23.7 Å². The van der Waals surface area contributed by atoms with Crippen LogP contribution in [0.3, 0.4) is 0 Å². The van der Waals surface area contributed by atoms with E-state index >= 15 is 0 Å². The molecule has 3 unspecified atom stereocenters. The molecule has 4 rings (SSSR count). The van der Waals surface area contributed by atoms with Crippen LogP contribution in [0.4, 0.5) is 0 Å². The second-order valence-corrected chi connectivity index (χ2v) is 5.78. The Labute approximate surface area is 116 Å². The van der Waals surface area contributed by atoms with E-state index in [1.165, 1.54) is 6.42 Å². The number of alkyl halides is 1. The van der Waals surface area contributed by atoms with Crippen molar-refractivity contribution in [2.45, 2.75) is 50.3 Å². The molecule has 2 fully saturated rings. The third-order valence-electron chi connectivity index (χ3n) is 4.38. The van der Waals surface area contributed by atoms with Crippen molar-refractivity contribution < 1.29 is 4.74 Å². The molecule has 2 saturated heterocycles. The Kier molecular flexibility index (Phi) is 2.57. The molecule has 2 aromatic rings. The first-order chi connectivity index (χ1) is 9.28. The van der Waals surface area contributed by atoms with Gasteiger partial charge in [0, 0.05) is 6.20 Å². The molecule has 3 atom stereocenters. The van der Waals surface area contributed by atoms with Gasteiger partial charge >= 0.3 is 0 Å².